The van der Waals surface area contributed by atoms with Crippen molar-refractivity contribution in [2.24, 2.45) is 0 Å². The molecule has 0 spiro atoms. The lowest BCUT2D eigenvalue weighted by Crippen LogP contribution is -2.39. The summed E-state index contributed by atoms with van der Waals surface area (Å²) in [5.74, 6) is 0. The molecule has 0 bridgehead atoms. The van der Waals surface area contributed by atoms with Gasteiger partial charge >= 0.3 is 0 Å². The van der Waals surface area contributed by atoms with E-state index in [4.69, 9.17) is 9.69 Å². The predicted octanol–water partition coefficient (Wildman–Crippen LogP) is 3.70. The molecule has 0 amide bonds. The summed E-state index contributed by atoms with van der Waals surface area (Å²) in [6, 6.07) is 2.31. The molecular weight excluding hydrogens is 190 g/mol. The Hall–Kier alpha value is -0.333. The van der Waals surface area contributed by atoms with Crippen LogP contribution in [0.25, 0.3) is 0 Å². The highest BCUT2D eigenvalue weighted by Crippen LogP contribution is 2.23. The maximum atomic E-state index is 9.10. The number of hydrogen-bond acceptors (Lipinski definition) is 2. The van der Waals surface area contributed by atoms with Crippen molar-refractivity contribution < 1.29 is 4.43 Å². The molecule has 0 aromatic carbocycles. The van der Waals surface area contributed by atoms with Crippen LogP contribution in [0.1, 0.15) is 39.5 Å². The molecule has 0 saturated carbocycles. The van der Waals surface area contributed by atoms with Gasteiger partial charge in [-0.3, -0.25) is 0 Å². The van der Waals surface area contributed by atoms with Gasteiger partial charge in [-0.15, -0.1) is 0 Å². The minimum absolute atomic E-state index is 0.556. The van der Waals surface area contributed by atoms with Crippen LogP contribution in [-0.4, -0.2) is 13.9 Å². The molecule has 2 nitrogen and oxygen atoms in total. The Morgan fingerprint density at radius 1 is 1.29 bits per heavy atom. The summed E-state index contributed by atoms with van der Waals surface area (Å²) in [5, 5.41) is 9.10. The zero-order chi connectivity index (χ0) is 11.2. The SMILES string of the molecule is CCCCC[C@](C)(C#N)O[Si](C)(C)C. The van der Waals surface area contributed by atoms with E-state index in [9.17, 15) is 0 Å². The zero-order valence-electron chi connectivity index (χ0n) is 10.2. The van der Waals surface area contributed by atoms with E-state index in [0.717, 1.165) is 12.8 Å². The van der Waals surface area contributed by atoms with Crippen LogP contribution in [0.4, 0.5) is 0 Å². The van der Waals surface area contributed by atoms with Crippen LogP contribution in [0.3, 0.4) is 0 Å². The maximum Gasteiger partial charge on any atom is 0.185 e. The lowest BCUT2D eigenvalue weighted by Gasteiger charge is -2.30. The highest BCUT2D eigenvalue weighted by Gasteiger charge is 2.30. The molecule has 0 aliphatic rings. The molecule has 0 aliphatic carbocycles. The van der Waals surface area contributed by atoms with Crippen LogP contribution in [-0.2, 0) is 4.43 Å². The third-order valence-electron chi connectivity index (χ3n) is 2.03. The van der Waals surface area contributed by atoms with Crippen LogP contribution in [0.15, 0.2) is 0 Å². The fourth-order valence-electron chi connectivity index (χ4n) is 1.52. The fourth-order valence-corrected chi connectivity index (χ4v) is 3.02. The first-order valence-corrected chi connectivity index (χ1v) is 8.85. The van der Waals surface area contributed by atoms with Crippen molar-refractivity contribution in [2.75, 3.05) is 0 Å². The molecule has 0 heterocycles. The van der Waals surface area contributed by atoms with Crippen LogP contribution >= 0.6 is 0 Å². The third kappa shape index (κ3) is 6.17. The summed E-state index contributed by atoms with van der Waals surface area (Å²) in [4.78, 5) is 0. The molecule has 0 aromatic heterocycles. The van der Waals surface area contributed by atoms with Gasteiger partial charge in [0, 0.05) is 0 Å². The number of unbranched alkanes of at least 4 members (excludes halogenated alkanes) is 2. The first-order chi connectivity index (χ1) is 6.33. The molecule has 0 fully saturated rings. The van der Waals surface area contributed by atoms with Gasteiger partial charge in [0.15, 0.2) is 8.32 Å². The lowest BCUT2D eigenvalue weighted by atomic mass is 10.0. The van der Waals surface area contributed by atoms with Crippen LogP contribution in [0.2, 0.25) is 19.6 Å². The quantitative estimate of drug-likeness (QED) is 0.498. The summed E-state index contributed by atoms with van der Waals surface area (Å²) < 4.78 is 5.90. The van der Waals surface area contributed by atoms with Gasteiger partial charge in [-0.05, 0) is 39.4 Å². The van der Waals surface area contributed by atoms with E-state index < -0.39 is 13.9 Å². The van der Waals surface area contributed by atoms with E-state index in [1.54, 1.807) is 0 Å². The first kappa shape index (κ1) is 13.7. The Balaban J connectivity index is 4.14. The largest absolute Gasteiger partial charge is 0.400 e. The van der Waals surface area contributed by atoms with Crippen molar-refractivity contribution in [3.8, 4) is 6.07 Å². The second-order valence-corrected chi connectivity index (χ2v) is 9.44. The Morgan fingerprint density at radius 3 is 2.21 bits per heavy atom. The Kier molecular flexibility index (Phi) is 5.39. The average Bonchev–Trinajstić information content (AvgIpc) is 2.02. The topological polar surface area (TPSA) is 33.0 Å². The summed E-state index contributed by atoms with van der Waals surface area (Å²) in [6.45, 7) is 10.5. The maximum absolute atomic E-state index is 9.10. The second kappa shape index (κ2) is 5.52. The van der Waals surface area contributed by atoms with Crippen molar-refractivity contribution in [2.45, 2.75) is 64.8 Å². The Labute approximate surface area is 89.4 Å². The van der Waals surface area contributed by atoms with Crippen molar-refractivity contribution >= 4 is 8.32 Å². The molecule has 14 heavy (non-hydrogen) atoms. The van der Waals surface area contributed by atoms with Gasteiger partial charge < -0.3 is 4.43 Å². The van der Waals surface area contributed by atoms with E-state index in [2.05, 4.69) is 32.6 Å². The molecule has 0 N–H and O–H groups in total. The zero-order valence-corrected chi connectivity index (χ0v) is 11.2. The highest BCUT2D eigenvalue weighted by molar-refractivity contribution is 6.69. The third-order valence-corrected chi connectivity index (χ3v) is 3.09. The molecule has 82 valence electrons. The van der Waals surface area contributed by atoms with Gasteiger partial charge in [-0.25, -0.2) is 0 Å². The van der Waals surface area contributed by atoms with Gasteiger partial charge in [-0.2, -0.15) is 5.26 Å². The number of nitriles is 1. The van der Waals surface area contributed by atoms with Crippen LogP contribution < -0.4 is 0 Å². The summed E-state index contributed by atoms with van der Waals surface area (Å²) in [7, 11) is -1.60. The molecule has 0 rings (SSSR count). The number of rotatable bonds is 6. The molecular formula is C11H23NOSi. The Bertz CT molecular complexity index is 204. The molecule has 0 radical (unpaired) electrons. The van der Waals surface area contributed by atoms with E-state index in [1.165, 1.54) is 12.8 Å². The standard InChI is InChI=1S/C11H23NOSi/c1-6-7-8-9-11(2,10-12)13-14(3,4)5/h6-9H2,1-5H3/t11-/m1/s1. The normalized spacial score (nSPS) is 16.0. The lowest BCUT2D eigenvalue weighted by molar-refractivity contribution is 0.126. The van der Waals surface area contributed by atoms with Crippen LogP contribution in [0, 0.1) is 11.3 Å². The van der Waals surface area contributed by atoms with Gasteiger partial charge in [0.05, 0.1) is 6.07 Å². The first-order valence-electron chi connectivity index (χ1n) is 5.44. The molecule has 0 aromatic rings. The van der Waals surface area contributed by atoms with Gasteiger partial charge in [-0.1, -0.05) is 19.8 Å². The van der Waals surface area contributed by atoms with Crippen molar-refractivity contribution in [1.29, 1.82) is 5.26 Å². The summed E-state index contributed by atoms with van der Waals surface area (Å²) >= 11 is 0. The Morgan fingerprint density at radius 2 is 1.86 bits per heavy atom. The minimum Gasteiger partial charge on any atom is -0.400 e. The molecule has 0 saturated heterocycles. The monoisotopic (exact) mass is 213 g/mol. The van der Waals surface area contributed by atoms with Crippen molar-refractivity contribution in [1.82, 2.24) is 0 Å². The van der Waals surface area contributed by atoms with Crippen LogP contribution in [0.5, 0.6) is 0 Å². The van der Waals surface area contributed by atoms with Gasteiger partial charge in [0.2, 0.25) is 0 Å². The van der Waals surface area contributed by atoms with E-state index in [-0.39, 0.29) is 0 Å². The highest BCUT2D eigenvalue weighted by atomic mass is 28.4. The summed E-state index contributed by atoms with van der Waals surface area (Å²) in [5.41, 5.74) is -0.556. The fraction of sp³-hybridized carbons (Fsp3) is 0.909. The number of nitrogens with zero attached hydrogens (tertiary/aromatic N) is 1. The smallest absolute Gasteiger partial charge is 0.185 e. The average molecular weight is 213 g/mol. The van der Waals surface area contributed by atoms with Gasteiger partial charge in [0.25, 0.3) is 0 Å². The van der Waals surface area contributed by atoms with Crippen molar-refractivity contribution in [3.63, 3.8) is 0 Å². The number of hydrogen-bond donors (Lipinski definition) is 0. The molecule has 3 heteroatoms. The van der Waals surface area contributed by atoms with E-state index >= 15 is 0 Å². The van der Waals surface area contributed by atoms with Crippen molar-refractivity contribution in [3.05, 3.63) is 0 Å². The molecule has 0 unspecified atom stereocenters. The predicted molar refractivity (Wildman–Crippen MR) is 62.6 cm³/mol. The van der Waals surface area contributed by atoms with E-state index in [1.807, 2.05) is 6.92 Å². The molecule has 0 aliphatic heterocycles. The van der Waals surface area contributed by atoms with Gasteiger partial charge in [0.1, 0.15) is 5.60 Å². The minimum atomic E-state index is -1.60. The second-order valence-electron chi connectivity index (χ2n) is 5.01. The molecule has 1 atom stereocenters. The van der Waals surface area contributed by atoms with E-state index in [0.29, 0.717) is 0 Å². The summed E-state index contributed by atoms with van der Waals surface area (Å²) in [6.07, 6.45) is 4.33.